The molecule has 1 saturated heterocycles. The lowest BCUT2D eigenvalue weighted by atomic mass is 10.1. The van der Waals surface area contributed by atoms with E-state index in [0.29, 0.717) is 35.5 Å². The van der Waals surface area contributed by atoms with Gasteiger partial charge in [0.2, 0.25) is 0 Å². The predicted molar refractivity (Wildman–Crippen MR) is 98.8 cm³/mol. The van der Waals surface area contributed by atoms with Gasteiger partial charge in [0.25, 0.3) is 0 Å². The van der Waals surface area contributed by atoms with Gasteiger partial charge >= 0.3 is 0 Å². The molecule has 3 aromatic rings. The van der Waals surface area contributed by atoms with Crippen molar-refractivity contribution in [1.29, 1.82) is 0 Å². The predicted octanol–water partition coefficient (Wildman–Crippen LogP) is 2.32. The van der Waals surface area contributed by atoms with Gasteiger partial charge in [-0.25, -0.2) is 4.39 Å². The number of morpholine rings is 1. The fourth-order valence-corrected chi connectivity index (χ4v) is 3.23. The first-order valence-electron chi connectivity index (χ1n) is 8.62. The molecule has 2 aromatic carbocycles. The van der Waals surface area contributed by atoms with E-state index in [1.165, 1.54) is 18.3 Å². The third-order valence-electron chi connectivity index (χ3n) is 4.56. The number of nitrogens with one attached hydrogen (secondary N) is 1. The summed E-state index contributed by atoms with van der Waals surface area (Å²) < 4.78 is 18.6. The Morgan fingerprint density at radius 3 is 2.59 bits per heavy atom. The maximum Gasteiger partial charge on any atom is 0.123 e. The maximum atomic E-state index is 13.2. The van der Waals surface area contributed by atoms with Gasteiger partial charge in [-0.15, -0.1) is 0 Å². The van der Waals surface area contributed by atoms with E-state index in [9.17, 15) is 14.3 Å². The molecule has 7 heteroatoms. The zero-order valence-corrected chi connectivity index (χ0v) is 14.4. The number of para-hydroxylation sites is 1. The largest absolute Gasteiger partial charge is 0.545 e. The first kappa shape index (κ1) is 17.2. The van der Waals surface area contributed by atoms with E-state index in [1.54, 1.807) is 12.1 Å². The number of carbonyl (C=O) groups is 1. The van der Waals surface area contributed by atoms with Crippen LogP contribution < -0.4 is 15.3 Å². The van der Waals surface area contributed by atoms with Crippen LogP contribution in [0.4, 0.5) is 21.5 Å². The number of hydrogen-bond donors (Lipinski definition) is 1. The molecule has 0 bridgehead atoms. The van der Waals surface area contributed by atoms with Crippen molar-refractivity contribution in [3.05, 3.63) is 60.0 Å². The van der Waals surface area contributed by atoms with Crippen molar-refractivity contribution >= 4 is 33.9 Å². The Bertz CT molecular complexity index is 986. The summed E-state index contributed by atoms with van der Waals surface area (Å²) in [6, 6.07) is 11.3. The second-order valence-corrected chi connectivity index (χ2v) is 6.24. The Labute approximate surface area is 155 Å². The smallest absolute Gasteiger partial charge is 0.123 e. The van der Waals surface area contributed by atoms with Crippen LogP contribution >= 0.6 is 0 Å². The number of carbonyl (C=O) groups excluding carboxylic acids is 1. The number of rotatable bonds is 4. The van der Waals surface area contributed by atoms with Gasteiger partial charge in [-0.1, -0.05) is 12.1 Å². The van der Waals surface area contributed by atoms with E-state index in [2.05, 4.69) is 15.2 Å². The lowest BCUT2D eigenvalue weighted by Gasteiger charge is -2.30. The second kappa shape index (κ2) is 7.20. The van der Waals surface area contributed by atoms with Gasteiger partial charge in [0.1, 0.15) is 5.82 Å². The molecule has 138 valence electrons. The number of pyridine rings is 1. The van der Waals surface area contributed by atoms with Crippen LogP contribution in [0.2, 0.25) is 0 Å². The Morgan fingerprint density at radius 2 is 1.89 bits per heavy atom. The number of ether oxygens (including phenoxy) is 1. The molecule has 1 aliphatic rings. The zero-order valence-electron chi connectivity index (χ0n) is 14.4. The van der Waals surface area contributed by atoms with Crippen molar-refractivity contribution < 1.29 is 19.0 Å². The molecule has 0 aliphatic carbocycles. The van der Waals surface area contributed by atoms with E-state index in [4.69, 9.17) is 4.74 Å². The van der Waals surface area contributed by atoms with Gasteiger partial charge in [0.05, 0.1) is 36.1 Å². The number of fused-ring (bicyclic) bond motifs is 1. The molecule has 1 aliphatic heterocycles. The minimum absolute atomic E-state index is 0.0500. The summed E-state index contributed by atoms with van der Waals surface area (Å²) in [4.78, 5) is 18.2. The normalized spacial score (nSPS) is 14.3. The average Bonchev–Trinajstić information content (AvgIpc) is 2.70. The maximum absolute atomic E-state index is 13.2. The highest BCUT2D eigenvalue weighted by atomic mass is 19.1. The fourth-order valence-electron chi connectivity index (χ4n) is 3.23. The first-order chi connectivity index (χ1) is 13.1. The number of nitrogens with zero attached hydrogens (tertiary/aromatic N) is 2. The molecule has 1 aromatic heterocycles. The summed E-state index contributed by atoms with van der Waals surface area (Å²) in [5.41, 5.74) is 2.51. The summed E-state index contributed by atoms with van der Waals surface area (Å²) in [6.45, 7) is 2.75. The van der Waals surface area contributed by atoms with Crippen LogP contribution in [0, 0.1) is 5.82 Å². The molecule has 6 nitrogen and oxygen atoms in total. The molecular formula is C20H17FN3O3-. The molecule has 4 rings (SSSR count). The summed E-state index contributed by atoms with van der Waals surface area (Å²) in [7, 11) is 0. The van der Waals surface area contributed by atoms with Crippen molar-refractivity contribution in [3.8, 4) is 0 Å². The summed E-state index contributed by atoms with van der Waals surface area (Å²) in [5.74, 6) is -1.69. The van der Waals surface area contributed by atoms with Crippen LogP contribution in [0.15, 0.2) is 48.7 Å². The Kier molecular flexibility index (Phi) is 4.60. The topological polar surface area (TPSA) is 77.5 Å². The van der Waals surface area contributed by atoms with Gasteiger partial charge in [-0.05, 0) is 30.3 Å². The molecule has 1 fully saturated rings. The Hall–Kier alpha value is -3.19. The highest BCUT2D eigenvalue weighted by Crippen LogP contribution is 2.34. The number of carboxylic acids is 1. The molecule has 0 saturated carbocycles. The van der Waals surface area contributed by atoms with Crippen molar-refractivity contribution in [2.24, 2.45) is 0 Å². The third kappa shape index (κ3) is 3.41. The van der Waals surface area contributed by atoms with Crippen LogP contribution in [0.1, 0.15) is 10.4 Å². The molecule has 0 atom stereocenters. The summed E-state index contributed by atoms with van der Waals surface area (Å²) in [6.07, 6.45) is 1.30. The number of anilines is 3. The zero-order chi connectivity index (χ0) is 18.8. The van der Waals surface area contributed by atoms with Crippen LogP contribution in [0.3, 0.4) is 0 Å². The molecule has 1 N–H and O–H groups in total. The van der Waals surface area contributed by atoms with Gasteiger partial charge in [-0.3, -0.25) is 4.98 Å². The SMILES string of the molecule is O=C([O-])c1cnc2c(N3CCOCC3)cccc2c1Nc1ccc(F)cc1. The minimum atomic E-state index is -1.33. The summed E-state index contributed by atoms with van der Waals surface area (Å²) in [5, 5.41) is 15.4. The highest BCUT2D eigenvalue weighted by molar-refractivity contribution is 6.07. The number of carboxylic acid groups (broad SMARTS) is 1. The Morgan fingerprint density at radius 1 is 1.15 bits per heavy atom. The quantitative estimate of drug-likeness (QED) is 0.764. The summed E-state index contributed by atoms with van der Waals surface area (Å²) >= 11 is 0. The molecular weight excluding hydrogens is 349 g/mol. The minimum Gasteiger partial charge on any atom is -0.545 e. The van der Waals surface area contributed by atoms with Crippen molar-refractivity contribution in [2.75, 3.05) is 36.5 Å². The highest BCUT2D eigenvalue weighted by Gasteiger charge is 2.18. The van der Waals surface area contributed by atoms with E-state index in [1.807, 2.05) is 18.2 Å². The van der Waals surface area contributed by atoms with E-state index in [-0.39, 0.29) is 11.4 Å². The van der Waals surface area contributed by atoms with Gasteiger partial charge in [0, 0.05) is 35.9 Å². The molecule has 2 heterocycles. The van der Waals surface area contributed by atoms with Crippen LogP contribution in [-0.4, -0.2) is 37.3 Å². The molecule has 0 unspecified atom stereocenters. The first-order valence-corrected chi connectivity index (χ1v) is 8.62. The molecule has 0 amide bonds. The van der Waals surface area contributed by atoms with Gasteiger partial charge in [0.15, 0.2) is 0 Å². The number of halogens is 1. The number of aromatic nitrogens is 1. The van der Waals surface area contributed by atoms with Crippen molar-refractivity contribution in [2.45, 2.75) is 0 Å². The van der Waals surface area contributed by atoms with Gasteiger partial charge < -0.3 is 24.9 Å². The van der Waals surface area contributed by atoms with Gasteiger partial charge in [-0.2, -0.15) is 0 Å². The van der Waals surface area contributed by atoms with E-state index in [0.717, 1.165) is 18.8 Å². The lowest BCUT2D eigenvalue weighted by Crippen LogP contribution is -2.36. The number of hydrogen-bond acceptors (Lipinski definition) is 6. The monoisotopic (exact) mass is 366 g/mol. The van der Waals surface area contributed by atoms with Crippen LogP contribution in [-0.2, 0) is 4.74 Å². The van der Waals surface area contributed by atoms with Crippen LogP contribution in [0.25, 0.3) is 10.9 Å². The Balaban J connectivity index is 1.85. The molecule has 0 spiro atoms. The van der Waals surface area contributed by atoms with Crippen molar-refractivity contribution in [1.82, 2.24) is 4.98 Å². The third-order valence-corrected chi connectivity index (χ3v) is 4.56. The molecule has 27 heavy (non-hydrogen) atoms. The lowest BCUT2D eigenvalue weighted by molar-refractivity contribution is -0.254. The second-order valence-electron chi connectivity index (χ2n) is 6.24. The fraction of sp³-hybridized carbons (Fsp3) is 0.200. The standard InChI is InChI=1S/C20H18FN3O3/c21-13-4-6-14(7-5-13)23-18-15-2-1-3-17(24-8-10-27-11-9-24)19(15)22-12-16(18)20(25)26/h1-7,12H,8-11H2,(H,22,23)(H,25,26)/p-1. The van der Waals surface area contributed by atoms with E-state index >= 15 is 0 Å². The average molecular weight is 366 g/mol. The van der Waals surface area contributed by atoms with Crippen molar-refractivity contribution in [3.63, 3.8) is 0 Å². The van der Waals surface area contributed by atoms with Crippen LogP contribution in [0.5, 0.6) is 0 Å². The number of benzene rings is 2. The number of aromatic carboxylic acids is 1. The van der Waals surface area contributed by atoms with E-state index < -0.39 is 5.97 Å². The molecule has 0 radical (unpaired) electrons.